The van der Waals surface area contributed by atoms with Crippen molar-refractivity contribution in [2.24, 2.45) is 0 Å². The Labute approximate surface area is 125 Å². The van der Waals surface area contributed by atoms with Crippen molar-refractivity contribution in [2.45, 2.75) is 25.4 Å². The van der Waals surface area contributed by atoms with Gasteiger partial charge in [0, 0.05) is 30.1 Å². The van der Waals surface area contributed by atoms with Crippen molar-refractivity contribution in [2.75, 3.05) is 0 Å². The number of amides is 3. The molecule has 7 heteroatoms. The number of nitrogens with zero attached hydrogens (tertiary/aromatic N) is 3. The summed E-state index contributed by atoms with van der Waals surface area (Å²) in [6.45, 7) is 0.361. The topological polar surface area (TPSA) is 92.3 Å². The number of aromatic nitrogens is 2. The third-order valence-electron chi connectivity index (χ3n) is 4.15. The number of imide groups is 1. The quantitative estimate of drug-likeness (QED) is 0.769. The zero-order chi connectivity index (χ0) is 15.3. The van der Waals surface area contributed by atoms with Crippen LogP contribution >= 0.6 is 0 Å². The van der Waals surface area contributed by atoms with Gasteiger partial charge in [-0.15, -0.1) is 0 Å². The number of piperidine rings is 1. The van der Waals surface area contributed by atoms with Crippen molar-refractivity contribution in [1.82, 2.24) is 20.2 Å². The van der Waals surface area contributed by atoms with Crippen LogP contribution < -0.4 is 5.32 Å². The molecule has 2 aliphatic rings. The molecule has 1 N–H and O–H groups in total. The van der Waals surface area contributed by atoms with E-state index in [9.17, 15) is 14.4 Å². The van der Waals surface area contributed by atoms with Crippen LogP contribution in [0.15, 0.2) is 24.7 Å². The molecule has 3 amide bonds. The van der Waals surface area contributed by atoms with Crippen LogP contribution in [-0.2, 0) is 16.1 Å². The molecule has 1 fully saturated rings. The van der Waals surface area contributed by atoms with Gasteiger partial charge in [0.05, 0.1) is 5.52 Å². The van der Waals surface area contributed by atoms with E-state index in [0.29, 0.717) is 18.5 Å². The third kappa shape index (κ3) is 1.86. The van der Waals surface area contributed by atoms with Gasteiger partial charge < -0.3 is 4.90 Å². The zero-order valence-electron chi connectivity index (χ0n) is 11.6. The Morgan fingerprint density at radius 3 is 2.91 bits per heavy atom. The fourth-order valence-corrected chi connectivity index (χ4v) is 3.04. The highest BCUT2D eigenvalue weighted by atomic mass is 16.2. The smallest absolute Gasteiger partial charge is 0.255 e. The minimum Gasteiger partial charge on any atom is -0.322 e. The number of hydrogen-bond acceptors (Lipinski definition) is 5. The summed E-state index contributed by atoms with van der Waals surface area (Å²) in [6.07, 6.45) is 3.74. The van der Waals surface area contributed by atoms with Gasteiger partial charge in [-0.05, 0) is 24.1 Å². The van der Waals surface area contributed by atoms with Crippen LogP contribution in [0, 0.1) is 0 Å². The first-order valence-corrected chi connectivity index (χ1v) is 7.01. The Balaban J connectivity index is 1.71. The lowest BCUT2D eigenvalue weighted by Gasteiger charge is -2.29. The molecule has 4 rings (SSSR count). The van der Waals surface area contributed by atoms with E-state index in [4.69, 9.17) is 0 Å². The highest BCUT2D eigenvalue weighted by molar-refractivity contribution is 6.06. The van der Waals surface area contributed by atoms with Gasteiger partial charge in [0.1, 0.15) is 12.4 Å². The van der Waals surface area contributed by atoms with Gasteiger partial charge in [-0.3, -0.25) is 19.7 Å². The van der Waals surface area contributed by atoms with Gasteiger partial charge in [0.2, 0.25) is 11.8 Å². The standard InChI is InChI=1S/C15H12N4O3/c20-13-2-1-12(14(21)18-13)19-6-9-4-11-8(5-16-7-17-11)3-10(9)15(19)22/h3-5,7,12H,1-2,6H2,(H,18,20,21). The molecule has 22 heavy (non-hydrogen) atoms. The summed E-state index contributed by atoms with van der Waals surface area (Å²) >= 11 is 0. The summed E-state index contributed by atoms with van der Waals surface area (Å²) in [7, 11) is 0. The molecule has 0 saturated carbocycles. The number of fused-ring (bicyclic) bond motifs is 2. The summed E-state index contributed by atoms with van der Waals surface area (Å²) in [5.41, 5.74) is 2.19. The van der Waals surface area contributed by atoms with Gasteiger partial charge >= 0.3 is 0 Å². The lowest BCUT2D eigenvalue weighted by Crippen LogP contribution is -2.52. The molecule has 1 saturated heterocycles. The van der Waals surface area contributed by atoms with Crippen molar-refractivity contribution in [3.05, 3.63) is 35.8 Å². The number of rotatable bonds is 1. The van der Waals surface area contributed by atoms with E-state index in [-0.39, 0.29) is 18.2 Å². The first kappa shape index (κ1) is 12.9. The van der Waals surface area contributed by atoms with Gasteiger partial charge in [0.25, 0.3) is 5.91 Å². The summed E-state index contributed by atoms with van der Waals surface area (Å²) < 4.78 is 0. The molecule has 0 radical (unpaired) electrons. The lowest BCUT2D eigenvalue weighted by atomic mass is 10.0. The predicted molar refractivity (Wildman–Crippen MR) is 75.6 cm³/mol. The van der Waals surface area contributed by atoms with Crippen LogP contribution in [0.3, 0.4) is 0 Å². The van der Waals surface area contributed by atoms with Gasteiger partial charge in [0.15, 0.2) is 0 Å². The maximum atomic E-state index is 12.6. The molecule has 1 aromatic carbocycles. The monoisotopic (exact) mass is 296 g/mol. The Bertz CT molecular complexity index is 833. The largest absolute Gasteiger partial charge is 0.322 e. The van der Waals surface area contributed by atoms with E-state index in [1.54, 1.807) is 12.3 Å². The number of hydrogen-bond donors (Lipinski definition) is 1. The van der Waals surface area contributed by atoms with E-state index in [1.165, 1.54) is 11.2 Å². The number of carbonyl (C=O) groups is 3. The second-order valence-electron chi connectivity index (χ2n) is 5.49. The van der Waals surface area contributed by atoms with Crippen molar-refractivity contribution in [3.63, 3.8) is 0 Å². The molecule has 2 aromatic rings. The normalized spacial score (nSPS) is 21.2. The predicted octanol–water partition coefficient (Wildman–Crippen LogP) is 0.391. The van der Waals surface area contributed by atoms with E-state index in [0.717, 1.165) is 16.5 Å². The van der Waals surface area contributed by atoms with Gasteiger partial charge in [-0.1, -0.05) is 0 Å². The first-order chi connectivity index (χ1) is 10.6. The SMILES string of the molecule is O=C1CCC(N2Cc3cc4ncncc4cc3C2=O)C(=O)N1. The van der Waals surface area contributed by atoms with Crippen molar-refractivity contribution in [1.29, 1.82) is 0 Å². The van der Waals surface area contributed by atoms with E-state index in [1.807, 2.05) is 6.07 Å². The summed E-state index contributed by atoms with van der Waals surface area (Å²) in [5, 5.41) is 3.08. The Kier molecular flexibility index (Phi) is 2.69. The molecule has 1 atom stereocenters. The van der Waals surface area contributed by atoms with Crippen molar-refractivity contribution in [3.8, 4) is 0 Å². The second-order valence-corrected chi connectivity index (χ2v) is 5.49. The molecule has 2 aliphatic heterocycles. The van der Waals surface area contributed by atoms with E-state index in [2.05, 4.69) is 15.3 Å². The molecule has 0 aliphatic carbocycles. The molecule has 1 aromatic heterocycles. The maximum Gasteiger partial charge on any atom is 0.255 e. The summed E-state index contributed by atoms with van der Waals surface area (Å²) in [5.74, 6) is -0.872. The number of carbonyl (C=O) groups excluding carboxylic acids is 3. The van der Waals surface area contributed by atoms with E-state index < -0.39 is 11.9 Å². The number of benzene rings is 1. The van der Waals surface area contributed by atoms with E-state index >= 15 is 0 Å². The van der Waals surface area contributed by atoms with Crippen LogP contribution in [0.4, 0.5) is 0 Å². The fourth-order valence-electron chi connectivity index (χ4n) is 3.04. The van der Waals surface area contributed by atoms with Crippen LogP contribution in [0.5, 0.6) is 0 Å². The third-order valence-corrected chi connectivity index (χ3v) is 4.15. The van der Waals surface area contributed by atoms with Gasteiger partial charge in [-0.25, -0.2) is 9.97 Å². The zero-order valence-corrected chi connectivity index (χ0v) is 11.6. The highest BCUT2D eigenvalue weighted by Gasteiger charge is 2.39. The average Bonchev–Trinajstić information content (AvgIpc) is 2.82. The second kappa shape index (κ2) is 4.59. The van der Waals surface area contributed by atoms with Crippen molar-refractivity contribution >= 4 is 28.6 Å². The Hall–Kier alpha value is -2.83. The first-order valence-electron chi connectivity index (χ1n) is 7.01. The molecule has 7 nitrogen and oxygen atoms in total. The fraction of sp³-hybridized carbons (Fsp3) is 0.267. The lowest BCUT2D eigenvalue weighted by molar-refractivity contribution is -0.136. The Morgan fingerprint density at radius 2 is 2.09 bits per heavy atom. The summed E-state index contributed by atoms with van der Waals surface area (Å²) in [6, 6.07) is 3.03. The average molecular weight is 296 g/mol. The minimum atomic E-state index is -0.591. The minimum absolute atomic E-state index is 0.185. The molecule has 0 spiro atoms. The molecule has 0 bridgehead atoms. The number of nitrogens with one attached hydrogen (secondary N) is 1. The summed E-state index contributed by atoms with van der Waals surface area (Å²) in [4.78, 5) is 45.5. The highest BCUT2D eigenvalue weighted by Crippen LogP contribution is 2.29. The molecule has 110 valence electrons. The molecular weight excluding hydrogens is 284 g/mol. The van der Waals surface area contributed by atoms with Gasteiger partial charge in [-0.2, -0.15) is 0 Å². The van der Waals surface area contributed by atoms with Crippen LogP contribution in [0.25, 0.3) is 10.9 Å². The van der Waals surface area contributed by atoms with Crippen LogP contribution in [0.2, 0.25) is 0 Å². The molecular formula is C15H12N4O3. The maximum absolute atomic E-state index is 12.6. The Morgan fingerprint density at radius 1 is 1.23 bits per heavy atom. The van der Waals surface area contributed by atoms with Crippen LogP contribution in [-0.4, -0.2) is 38.6 Å². The van der Waals surface area contributed by atoms with Crippen molar-refractivity contribution < 1.29 is 14.4 Å². The van der Waals surface area contributed by atoms with Crippen LogP contribution in [0.1, 0.15) is 28.8 Å². The molecule has 3 heterocycles. The molecule has 1 unspecified atom stereocenters.